The monoisotopic (exact) mass is 314 g/mol. The summed E-state index contributed by atoms with van der Waals surface area (Å²) in [6.45, 7) is 3.27. The summed E-state index contributed by atoms with van der Waals surface area (Å²) in [5.74, 6) is 0.338. The molecule has 2 aliphatic rings. The van der Waals surface area contributed by atoms with Crippen molar-refractivity contribution in [2.24, 2.45) is 0 Å². The molecule has 2 heterocycles. The van der Waals surface area contributed by atoms with E-state index in [2.05, 4.69) is 10.00 Å². The lowest BCUT2D eigenvalue weighted by atomic mass is 10.1. The molecule has 0 unspecified atom stereocenters. The van der Waals surface area contributed by atoms with E-state index < -0.39 is 0 Å². The van der Waals surface area contributed by atoms with Crippen molar-refractivity contribution in [1.82, 2.24) is 14.8 Å². The minimum absolute atomic E-state index is 0.338. The van der Waals surface area contributed by atoms with Crippen molar-refractivity contribution < 1.29 is 4.43 Å². The van der Waals surface area contributed by atoms with Gasteiger partial charge in [0.1, 0.15) is 5.52 Å². The number of fused-ring (bicyclic) bond motifs is 2. The van der Waals surface area contributed by atoms with Gasteiger partial charge in [0.15, 0.2) is 0 Å². The van der Waals surface area contributed by atoms with Crippen LogP contribution in [0.3, 0.4) is 0 Å². The Morgan fingerprint density at radius 1 is 1.13 bits per heavy atom. The third-order valence-corrected chi connectivity index (χ3v) is 5.13. The minimum atomic E-state index is 0.338. The maximum absolute atomic E-state index is 12.6. The van der Waals surface area contributed by atoms with Crippen molar-refractivity contribution in [2.45, 2.75) is 44.9 Å². The zero-order valence-corrected chi connectivity index (χ0v) is 13.3. The van der Waals surface area contributed by atoms with Crippen LogP contribution >= 0.6 is 0 Å². The van der Waals surface area contributed by atoms with Crippen LogP contribution in [0, 0.1) is 10.1 Å². The van der Waals surface area contributed by atoms with Crippen LogP contribution in [0.15, 0.2) is 12.1 Å². The average Bonchev–Trinajstić information content (AvgIpc) is 3.21. The predicted molar refractivity (Wildman–Crippen MR) is 87.9 cm³/mol. The molecule has 1 aromatic heterocycles. The van der Waals surface area contributed by atoms with Crippen molar-refractivity contribution in [3.8, 4) is 0 Å². The topological polar surface area (TPSA) is 67.1 Å². The lowest BCUT2D eigenvalue weighted by Gasteiger charge is -2.13. The normalized spacial score (nSPS) is 17.9. The van der Waals surface area contributed by atoms with Gasteiger partial charge in [-0.3, -0.25) is 0 Å². The highest BCUT2D eigenvalue weighted by Crippen LogP contribution is 2.25. The van der Waals surface area contributed by atoms with Crippen molar-refractivity contribution in [3.05, 3.63) is 39.2 Å². The Hall–Kier alpha value is -1.95. The summed E-state index contributed by atoms with van der Waals surface area (Å²) >= 11 is 0. The molecule has 6 nitrogen and oxygen atoms in total. The van der Waals surface area contributed by atoms with E-state index in [1.54, 1.807) is 0 Å². The van der Waals surface area contributed by atoms with Crippen LogP contribution in [0.1, 0.15) is 42.6 Å². The molecule has 0 saturated carbocycles. The fourth-order valence-electron chi connectivity index (χ4n) is 3.87. The molecule has 0 spiro atoms. The zero-order valence-electron chi connectivity index (χ0n) is 13.3. The van der Waals surface area contributed by atoms with Gasteiger partial charge in [-0.25, -0.2) is 0 Å². The lowest BCUT2D eigenvalue weighted by molar-refractivity contribution is -0.480. The number of benzene rings is 1. The van der Waals surface area contributed by atoms with Gasteiger partial charge in [0, 0.05) is 4.43 Å². The van der Waals surface area contributed by atoms with Gasteiger partial charge in [0.25, 0.3) is 0 Å². The first kappa shape index (κ1) is 14.6. The van der Waals surface area contributed by atoms with Crippen molar-refractivity contribution in [3.63, 3.8) is 0 Å². The number of rotatable bonds is 4. The first-order valence-electron chi connectivity index (χ1n) is 8.62. The van der Waals surface area contributed by atoms with Gasteiger partial charge in [0.2, 0.25) is 5.52 Å². The van der Waals surface area contributed by atoms with E-state index in [0.717, 1.165) is 49.7 Å². The second-order valence-corrected chi connectivity index (χ2v) is 6.70. The SMILES string of the molecule is O=[n+]1c(CCCN2CCCC2)nn([O-])c2cc3c(cc21)CCC3. The number of nitrogens with zero attached hydrogens (tertiary/aromatic N) is 4. The number of hydrogen-bond donors (Lipinski definition) is 0. The van der Waals surface area contributed by atoms with Gasteiger partial charge < -0.3 is 10.1 Å². The highest BCUT2D eigenvalue weighted by atomic mass is 16.5. The first-order chi connectivity index (χ1) is 11.2. The summed E-state index contributed by atoms with van der Waals surface area (Å²) in [4.78, 5) is 15.6. The van der Waals surface area contributed by atoms with Crippen LogP contribution in [0.2, 0.25) is 0 Å². The van der Waals surface area contributed by atoms with Gasteiger partial charge >= 0.3 is 5.82 Å². The number of hydrogen-bond acceptors (Lipinski definition) is 4. The van der Waals surface area contributed by atoms with Crippen LogP contribution in [0.4, 0.5) is 0 Å². The highest BCUT2D eigenvalue weighted by molar-refractivity contribution is 5.74. The third-order valence-electron chi connectivity index (χ3n) is 5.13. The molecule has 0 atom stereocenters. The molecule has 1 aromatic carbocycles. The Labute approximate surface area is 134 Å². The van der Waals surface area contributed by atoms with Gasteiger partial charge in [0.05, 0.1) is 11.5 Å². The molecule has 4 rings (SSSR count). The van der Waals surface area contributed by atoms with E-state index >= 15 is 0 Å². The molecular weight excluding hydrogens is 292 g/mol. The summed E-state index contributed by atoms with van der Waals surface area (Å²) in [7, 11) is 0. The van der Waals surface area contributed by atoms with Crippen molar-refractivity contribution >= 4 is 11.0 Å². The van der Waals surface area contributed by atoms with E-state index in [0.29, 0.717) is 28.1 Å². The van der Waals surface area contributed by atoms with Gasteiger partial charge in [-0.1, -0.05) is 4.91 Å². The maximum atomic E-state index is 12.6. The zero-order chi connectivity index (χ0) is 15.8. The molecule has 2 aromatic rings. The molecule has 0 amide bonds. The van der Waals surface area contributed by atoms with Gasteiger partial charge in [-0.05, 0) is 81.4 Å². The fraction of sp³-hybridized carbons (Fsp3) is 0.588. The fourth-order valence-corrected chi connectivity index (χ4v) is 3.87. The van der Waals surface area contributed by atoms with E-state index in [1.807, 2.05) is 12.1 Å². The molecule has 0 radical (unpaired) electrons. The summed E-state index contributed by atoms with van der Waals surface area (Å²) in [5.41, 5.74) is 3.25. The molecule has 6 heteroatoms. The van der Waals surface area contributed by atoms with Gasteiger partial charge in [-0.15, -0.1) is 0 Å². The van der Waals surface area contributed by atoms with Crippen molar-refractivity contribution in [2.75, 3.05) is 19.6 Å². The number of likely N-dealkylation sites (tertiary alicyclic amines) is 1. The largest absolute Gasteiger partial charge is 0.772 e. The second kappa shape index (κ2) is 5.92. The van der Waals surface area contributed by atoms with Crippen molar-refractivity contribution in [1.29, 1.82) is 0 Å². The molecule has 23 heavy (non-hydrogen) atoms. The summed E-state index contributed by atoms with van der Waals surface area (Å²) in [6.07, 6.45) is 7.03. The standard InChI is InChI=1S/C17H22N4O2/c22-20-15-11-13-5-3-6-14(13)12-16(15)21(23)18-17(20)7-4-10-19-8-1-2-9-19/h11-12H,1-10H2. The average molecular weight is 314 g/mol. The third kappa shape index (κ3) is 2.72. The molecule has 0 bridgehead atoms. The Bertz CT molecular complexity index is 793. The maximum Gasteiger partial charge on any atom is 0.367 e. The summed E-state index contributed by atoms with van der Waals surface area (Å²) < 4.78 is 0.867. The van der Waals surface area contributed by atoms with E-state index in [-0.39, 0.29) is 0 Å². The van der Waals surface area contributed by atoms with E-state index in [1.165, 1.54) is 24.0 Å². The molecule has 1 fully saturated rings. The highest BCUT2D eigenvalue weighted by Gasteiger charge is 2.21. The molecule has 0 N–H and O–H groups in total. The van der Waals surface area contributed by atoms with E-state index in [4.69, 9.17) is 0 Å². The Kier molecular flexibility index (Phi) is 3.77. The van der Waals surface area contributed by atoms with Crippen LogP contribution in [0.25, 0.3) is 11.0 Å². The second-order valence-electron chi connectivity index (χ2n) is 6.70. The first-order valence-corrected chi connectivity index (χ1v) is 8.62. The van der Waals surface area contributed by atoms with Crippen LogP contribution < -0.4 is 4.43 Å². The molecular formula is C17H22N4O2. The summed E-state index contributed by atoms with van der Waals surface area (Å²) in [5, 5.41) is 16.2. The Morgan fingerprint density at radius 2 is 1.87 bits per heavy atom. The van der Waals surface area contributed by atoms with E-state index in [9.17, 15) is 10.1 Å². The number of aromatic nitrogens is 3. The van der Waals surface area contributed by atoms with Crippen LogP contribution in [0.5, 0.6) is 0 Å². The van der Waals surface area contributed by atoms with Crippen LogP contribution in [-0.4, -0.2) is 34.5 Å². The Morgan fingerprint density at radius 3 is 2.65 bits per heavy atom. The minimum Gasteiger partial charge on any atom is -0.772 e. The molecule has 1 aliphatic heterocycles. The predicted octanol–water partition coefficient (Wildman–Crippen LogP) is 1.81. The molecule has 122 valence electrons. The summed E-state index contributed by atoms with van der Waals surface area (Å²) in [6, 6.07) is 3.74. The lowest BCUT2D eigenvalue weighted by Crippen LogP contribution is -2.29. The molecule has 1 aliphatic carbocycles. The van der Waals surface area contributed by atoms with Crippen LogP contribution in [-0.2, 0) is 19.3 Å². The smallest absolute Gasteiger partial charge is 0.367 e. The Balaban J connectivity index is 1.61. The molecule has 1 saturated heterocycles. The number of aryl methyl sites for hydroxylation is 3. The quantitative estimate of drug-likeness (QED) is 0.807. The van der Waals surface area contributed by atoms with Gasteiger partial charge in [-0.2, -0.15) is 4.85 Å².